The van der Waals surface area contributed by atoms with Crippen LogP contribution in [0.15, 0.2) is 39.9 Å². The number of methoxy groups -OCH3 is 1. The van der Waals surface area contributed by atoms with E-state index in [4.69, 9.17) is 21.1 Å². The van der Waals surface area contributed by atoms with Gasteiger partial charge in [0.05, 0.1) is 17.8 Å². The number of rotatable bonds is 6. The monoisotopic (exact) mass is 438 g/mol. The molecule has 1 N–H and O–H groups in total. The van der Waals surface area contributed by atoms with Crippen LogP contribution in [-0.4, -0.2) is 25.3 Å². The highest BCUT2D eigenvalue weighted by molar-refractivity contribution is 9.10. The van der Waals surface area contributed by atoms with Gasteiger partial charge in [-0.3, -0.25) is 4.79 Å². The average Bonchev–Trinajstić information content (AvgIpc) is 2.59. The SMILES string of the molecule is COc1ccc(/C=N/NC(=O)C(C)Oc2cc(C)c(Cl)c(C)c2)cc1Br. The molecule has 0 bridgehead atoms. The lowest BCUT2D eigenvalue weighted by atomic mass is 10.1. The van der Waals surface area contributed by atoms with Crippen LogP contribution in [0, 0.1) is 13.8 Å². The van der Waals surface area contributed by atoms with E-state index in [1.165, 1.54) is 0 Å². The molecule has 2 aromatic rings. The summed E-state index contributed by atoms with van der Waals surface area (Å²) in [6.07, 6.45) is 0.848. The van der Waals surface area contributed by atoms with E-state index in [-0.39, 0.29) is 5.91 Å². The van der Waals surface area contributed by atoms with E-state index < -0.39 is 6.10 Å². The van der Waals surface area contributed by atoms with Crippen molar-refractivity contribution >= 4 is 39.7 Å². The number of carbonyl (C=O) groups excluding carboxylic acids is 1. The van der Waals surface area contributed by atoms with Gasteiger partial charge in [-0.15, -0.1) is 0 Å². The molecule has 1 unspecified atom stereocenters. The molecule has 0 aromatic heterocycles. The van der Waals surface area contributed by atoms with Crippen molar-refractivity contribution in [3.63, 3.8) is 0 Å². The van der Waals surface area contributed by atoms with E-state index in [2.05, 4.69) is 26.5 Å². The van der Waals surface area contributed by atoms with Gasteiger partial charge in [0, 0.05) is 5.02 Å². The molecule has 26 heavy (non-hydrogen) atoms. The number of halogens is 2. The van der Waals surface area contributed by atoms with Gasteiger partial charge >= 0.3 is 0 Å². The summed E-state index contributed by atoms with van der Waals surface area (Å²) in [6, 6.07) is 9.09. The summed E-state index contributed by atoms with van der Waals surface area (Å²) in [4.78, 5) is 12.1. The molecule has 0 radical (unpaired) electrons. The fourth-order valence-corrected chi connectivity index (χ4v) is 2.92. The maximum absolute atomic E-state index is 12.1. The normalized spacial score (nSPS) is 12.1. The average molecular weight is 440 g/mol. The Morgan fingerprint density at radius 3 is 2.50 bits per heavy atom. The van der Waals surface area contributed by atoms with Crippen molar-refractivity contribution in [3.05, 3.63) is 56.5 Å². The molecule has 0 saturated heterocycles. The van der Waals surface area contributed by atoms with E-state index in [1.807, 2.05) is 32.0 Å². The van der Waals surface area contributed by atoms with Crippen LogP contribution in [0.2, 0.25) is 5.02 Å². The number of aryl methyl sites for hydroxylation is 2. The second-order valence-electron chi connectivity index (χ2n) is 5.76. The number of hydrogen-bond acceptors (Lipinski definition) is 4. The Kier molecular flexibility index (Phi) is 7.06. The summed E-state index contributed by atoms with van der Waals surface area (Å²) < 4.78 is 11.7. The van der Waals surface area contributed by atoms with Crippen LogP contribution in [0.4, 0.5) is 0 Å². The molecule has 2 aromatic carbocycles. The molecule has 5 nitrogen and oxygen atoms in total. The lowest BCUT2D eigenvalue weighted by Gasteiger charge is -2.15. The standard InChI is InChI=1S/C19H20BrClN2O3/c1-11-7-15(8-12(2)18(11)21)26-13(3)19(24)23-22-10-14-5-6-17(25-4)16(20)9-14/h5-10,13H,1-4H3,(H,23,24)/b22-10+. The van der Waals surface area contributed by atoms with Crippen LogP contribution < -0.4 is 14.9 Å². The highest BCUT2D eigenvalue weighted by atomic mass is 79.9. The summed E-state index contributed by atoms with van der Waals surface area (Å²) in [7, 11) is 1.60. The summed E-state index contributed by atoms with van der Waals surface area (Å²) in [5.74, 6) is 0.968. The second kappa shape index (κ2) is 9.05. The van der Waals surface area contributed by atoms with Crippen molar-refractivity contribution in [2.75, 3.05) is 7.11 Å². The van der Waals surface area contributed by atoms with Gasteiger partial charge in [-0.1, -0.05) is 11.6 Å². The number of carbonyl (C=O) groups is 1. The first-order valence-electron chi connectivity index (χ1n) is 7.91. The third-order valence-electron chi connectivity index (χ3n) is 3.66. The Balaban J connectivity index is 1.96. The zero-order valence-electron chi connectivity index (χ0n) is 15.0. The van der Waals surface area contributed by atoms with E-state index in [9.17, 15) is 4.79 Å². The molecule has 0 aliphatic rings. The number of ether oxygens (including phenoxy) is 2. The fraction of sp³-hybridized carbons (Fsp3) is 0.263. The van der Waals surface area contributed by atoms with Gasteiger partial charge in [0.25, 0.3) is 5.91 Å². The Bertz CT molecular complexity index is 817. The van der Waals surface area contributed by atoms with E-state index in [0.717, 1.165) is 26.9 Å². The molecule has 138 valence electrons. The van der Waals surface area contributed by atoms with Gasteiger partial charge in [0.2, 0.25) is 0 Å². The number of nitrogens with zero attached hydrogens (tertiary/aromatic N) is 1. The maximum atomic E-state index is 12.1. The zero-order chi connectivity index (χ0) is 19.3. The van der Waals surface area contributed by atoms with Gasteiger partial charge < -0.3 is 9.47 Å². The Hall–Kier alpha value is -2.05. The first kappa shape index (κ1) is 20.3. The maximum Gasteiger partial charge on any atom is 0.280 e. The molecule has 0 saturated carbocycles. The fourth-order valence-electron chi connectivity index (χ4n) is 2.26. The molecule has 1 amide bonds. The predicted octanol–water partition coefficient (Wildman–Crippen LogP) is 4.65. The van der Waals surface area contributed by atoms with Gasteiger partial charge in [0.15, 0.2) is 6.10 Å². The molecule has 0 heterocycles. The lowest BCUT2D eigenvalue weighted by molar-refractivity contribution is -0.127. The highest BCUT2D eigenvalue weighted by Crippen LogP contribution is 2.26. The van der Waals surface area contributed by atoms with Crippen molar-refractivity contribution in [3.8, 4) is 11.5 Å². The Morgan fingerprint density at radius 2 is 1.92 bits per heavy atom. The predicted molar refractivity (Wildman–Crippen MR) is 107 cm³/mol. The number of amides is 1. The Morgan fingerprint density at radius 1 is 1.27 bits per heavy atom. The van der Waals surface area contributed by atoms with Gasteiger partial charge in [-0.05, 0) is 83.7 Å². The summed E-state index contributed by atoms with van der Waals surface area (Å²) >= 11 is 9.54. The molecule has 0 aliphatic carbocycles. The van der Waals surface area contributed by atoms with Crippen molar-refractivity contribution in [2.45, 2.75) is 26.9 Å². The molecular weight excluding hydrogens is 420 g/mol. The first-order chi connectivity index (χ1) is 12.3. The van der Waals surface area contributed by atoms with Crippen LogP contribution in [0.3, 0.4) is 0 Å². The number of hydrazone groups is 1. The Labute approximate surface area is 166 Å². The second-order valence-corrected chi connectivity index (χ2v) is 6.99. The first-order valence-corrected chi connectivity index (χ1v) is 9.08. The van der Waals surface area contributed by atoms with Gasteiger partial charge in [-0.2, -0.15) is 5.10 Å². The molecule has 2 rings (SSSR count). The third-order valence-corrected chi connectivity index (χ3v) is 4.87. The van der Waals surface area contributed by atoms with E-state index in [0.29, 0.717) is 10.8 Å². The number of benzene rings is 2. The third kappa shape index (κ3) is 5.22. The zero-order valence-corrected chi connectivity index (χ0v) is 17.3. The number of hydrogen-bond donors (Lipinski definition) is 1. The minimum Gasteiger partial charge on any atom is -0.496 e. The van der Waals surface area contributed by atoms with Gasteiger partial charge in [-0.25, -0.2) is 5.43 Å². The molecule has 1 atom stereocenters. The molecule has 7 heteroatoms. The summed E-state index contributed by atoms with van der Waals surface area (Å²) in [6.45, 7) is 5.45. The topological polar surface area (TPSA) is 59.9 Å². The molecule has 0 spiro atoms. The highest BCUT2D eigenvalue weighted by Gasteiger charge is 2.15. The summed E-state index contributed by atoms with van der Waals surface area (Å²) in [5, 5.41) is 4.66. The number of nitrogens with one attached hydrogen (secondary N) is 1. The molecule has 0 fully saturated rings. The lowest BCUT2D eigenvalue weighted by Crippen LogP contribution is -2.33. The minimum atomic E-state index is -0.699. The van der Waals surface area contributed by atoms with Crippen LogP contribution >= 0.6 is 27.5 Å². The smallest absolute Gasteiger partial charge is 0.280 e. The van der Waals surface area contributed by atoms with Crippen LogP contribution in [0.1, 0.15) is 23.6 Å². The van der Waals surface area contributed by atoms with Crippen molar-refractivity contribution in [2.24, 2.45) is 5.10 Å². The minimum absolute atomic E-state index is 0.348. The van der Waals surface area contributed by atoms with E-state index >= 15 is 0 Å². The summed E-state index contributed by atoms with van der Waals surface area (Å²) in [5.41, 5.74) is 5.09. The molecular formula is C19H20BrClN2O3. The van der Waals surface area contributed by atoms with Crippen LogP contribution in [-0.2, 0) is 4.79 Å². The quantitative estimate of drug-likeness (QED) is 0.527. The van der Waals surface area contributed by atoms with Crippen LogP contribution in [0.5, 0.6) is 11.5 Å². The van der Waals surface area contributed by atoms with Crippen LogP contribution in [0.25, 0.3) is 0 Å². The van der Waals surface area contributed by atoms with Crippen molar-refractivity contribution < 1.29 is 14.3 Å². The molecule has 0 aliphatic heterocycles. The van der Waals surface area contributed by atoms with Crippen molar-refractivity contribution in [1.82, 2.24) is 5.43 Å². The largest absolute Gasteiger partial charge is 0.496 e. The van der Waals surface area contributed by atoms with Crippen molar-refractivity contribution in [1.29, 1.82) is 0 Å². The van der Waals surface area contributed by atoms with E-state index in [1.54, 1.807) is 32.4 Å². The van der Waals surface area contributed by atoms with Gasteiger partial charge in [0.1, 0.15) is 11.5 Å².